The van der Waals surface area contributed by atoms with Crippen LogP contribution in [0, 0.1) is 34.5 Å². The van der Waals surface area contributed by atoms with Crippen LogP contribution in [0.1, 0.15) is 96.0 Å². The smallest absolute Gasteiger partial charge is 0.0597 e. The molecule has 0 radical (unpaired) electrons. The van der Waals surface area contributed by atoms with Crippen LogP contribution in [-0.2, 0) is 4.74 Å². The standard InChI is InChI=1S/C29H45N3O/c1-28-12-9-23(33-18-17-32-15-3-4-16-32)19-22(28)5-6-24-26-8-7-25(21-11-14-30-31-20-21)29(26,2)13-10-27(24)28/h11,14,20,22-27H,3-10,12-13,15-19H2,1-2H3/t22-,23+,24+,25+,26+,27+,28+,29-/m1/s1. The van der Waals surface area contributed by atoms with E-state index in [2.05, 4.69) is 35.0 Å². The Balaban J connectivity index is 1.11. The molecule has 33 heavy (non-hydrogen) atoms. The summed E-state index contributed by atoms with van der Waals surface area (Å²) >= 11 is 0. The molecule has 5 fully saturated rings. The maximum absolute atomic E-state index is 6.47. The van der Waals surface area contributed by atoms with Gasteiger partial charge in [0.25, 0.3) is 0 Å². The third kappa shape index (κ3) is 3.88. The summed E-state index contributed by atoms with van der Waals surface area (Å²) in [6, 6.07) is 2.24. The first-order chi connectivity index (χ1) is 16.1. The molecule has 0 amide bonds. The first-order valence-electron chi connectivity index (χ1n) is 14.2. The van der Waals surface area contributed by atoms with Gasteiger partial charge in [0.1, 0.15) is 0 Å². The van der Waals surface area contributed by atoms with E-state index in [9.17, 15) is 0 Å². The molecule has 6 rings (SSSR count). The van der Waals surface area contributed by atoms with Crippen molar-refractivity contribution in [1.29, 1.82) is 0 Å². The summed E-state index contributed by atoms with van der Waals surface area (Å²) in [7, 11) is 0. The maximum Gasteiger partial charge on any atom is 0.0597 e. The van der Waals surface area contributed by atoms with Gasteiger partial charge in [0, 0.05) is 12.7 Å². The lowest BCUT2D eigenvalue weighted by molar-refractivity contribution is -0.132. The molecule has 0 unspecified atom stereocenters. The Morgan fingerprint density at radius 2 is 1.76 bits per heavy atom. The summed E-state index contributed by atoms with van der Waals surface area (Å²) in [5, 5.41) is 8.28. The quantitative estimate of drug-likeness (QED) is 0.543. The zero-order chi connectivity index (χ0) is 22.5. The van der Waals surface area contributed by atoms with Crippen LogP contribution in [0.15, 0.2) is 18.5 Å². The molecule has 1 aromatic heterocycles. The van der Waals surface area contributed by atoms with Crippen molar-refractivity contribution in [1.82, 2.24) is 15.1 Å². The van der Waals surface area contributed by atoms with Gasteiger partial charge in [-0.3, -0.25) is 0 Å². The third-order valence-corrected chi connectivity index (χ3v) is 11.6. The summed E-state index contributed by atoms with van der Waals surface area (Å²) in [5.74, 6) is 4.35. The van der Waals surface area contributed by atoms with Gasteiger partial charge in [-0.1, -0.05) is 13.8 Å². The molecule has 8 atom stereocenters. The van der Waals surface area contributed by atoms with E-state index in [0.29, 0.717) is 22.9 Å². The molecule has 0 aromatic carbocycles. The molecule has 1 aliphatic heterocycles. The van der Waals surface area contributed by atoms with E-state index in [0.717, 1.165) is 36.8 Å². The van der Waals surface area contributed by atoms with E-state index in [-0.39, 0.29) is 0 Å². The van der Waals surface area contributed by atoms with Crippen molar-refractivity contribution in [2.24, 2.45) is 34.5 Å². The van der Waals surface area contributed by atoms with Gasteiger partial charge in [0.05, 0.1) is 18.9 Å². The third-order valence-electron chi connectivity index (χ3n) is 11.6. The summed E-state index contributed by atoms with van der Waals surface area (Å²) in [6.07, 6.45) is 19.8. The minimum absolute atomic E-state index is 0.462. The Morgan fingerprint density at radius 3 is 2.58 bits per heavy atom. The van der Waals surface area contributed by atoms with Crippen LogP contribution in [0.5, 0.6) is 0 Å². The van der Waals surface area contributed by atoms with Crippen molar-refractivity contribution < 1.29 is 4.74 Å². The highest BCUT2D eigenvalue weighted by Gasteiger charge is 2.60. The fraction of sp³-hybridized carbons (Fsp3) is 0.862. The van der Waals surface area contributed by atoms with Crippen LogP contribution in [0.25, 0.3) is 0 Å². The van der Waals surface area contributed by atoms with Crippen molar-refractivity contribution in [2.75, 3.05) is 26.2 Å². The summed E-state index contributed by atoms with van der Waals surface area (Å²) < 4.78 is 6.47. The van der Waals surface area contributed by atoms with Crippen LogP contribution >= 0.6 is 0 Å². The zero-order valence-corrected chi connectivity index (χ0v) is 21.1. The average Bonchev–Trinajstić information content (AvgIpc) is 3.47. The van der Waals surface area contributed by atoms with Crippen LogP contribution in [0.3, 0.4) is 0 Å². The Labute approximate surface area is 201 Å². The number of hydrogen-bond acceptors (Lipinski definition) is 4. The number of nitrogens with zero attached hydrogens (tertiary/aromatic N) is 3. The van der Waals surface area contributed by atoms with E-state index >= 15 is 0 Å². The van der Waals surface area contributed by atoms with Gasteiger partial charge in [-0.05, 0) is 136 Å². The maximum atomic E-state index is 6.47. The molecule has 0 bridgehead atoms. The van der Waals surface area contributed by atoms with Crippen LogP contribution in [0.4, 0.5) is 0 Å². The molecule has 0 spiro atoms. The molecular weight excluding hydrogens is 406 g/mol. The predicted octanol–water partition coefficient (Wildman–Crippen LogP) is 6.08. The van der Waals surface area contributed by atoms with Gasteiger partial charge in [-0.2, -0.15) is 10.2 Å². The molecule has 182 valence electrons. The van der Waals surface area contributed by atoms with E-state index in [1.807, 2.05) is 12.4 Å². The molecular formula is C29H45N3O. The van der Waals surface area contributed by atoms with Gasteiger partial charge in [0.15, 0.2) is 0 Å². The topological polar surface area (TPSA) is 38.2 Å². The first-order valence-corrected chi connectivity index (χ1v) is 14.2. The second-order valence-electron chi connectivity index (χ2n) is 12.8. The zero-order valence-electron chi connectivity index (χ0n) is 21.1. The highest BCUT2D eigenvalue weighted by molar-refractivity contribution is 5.22. The Morgan fingerprint density at radius 1 is 0.939 bits per heavy atom. The van der Waals surface area contributed by atoms with Gasteiger partial charge in [-0.25, -0.2) is 0 Å². The number of hydrogen-bond donors (Lipinski definition) is 0. The Bertz CT molecular complexity index is 810. The minimum Gasteiger partial charge on any atom is -0.377 e. The molecule has 1 aromatic rings. The highest BCUT2D eigenvalue weighted by Crippen LogP contribution is 2.69. The van der Waals surface area contributed by atoms with Crippen molar-refractivity contribution >= 4 is 0 Å². The lowest BCUT2D eigenvalue weighted by Crippen LogP contribution is -2.54. The van der Waals surface area contributed by atoms with Crippen LogP contribution in [-0.4, -0.2) is 47.4 Å². The second-order valence-corrected chi connectivity index (χ2v) is 12.8. The van der Waals surface area contributed by atoms with Gasteiger partial charge >= 0.3 is 0 Å². The molecule has 1 saturated heterocycles. The number of likely N-dealkylation sites (tertiary alicyclic amines) is 1. The van der Waals surface area contributed by atoms with Crippen LogP contribution in [0.2, 0.25) is 0 Å². The molecule has 4 saturated carbocycles. The van der Waals surface area contributed by atoms with E-state index in [4.69, 9.17) is 4.74 Å². The average molecular weight is 452 g/mol. The molecule has 2 heterocycles. The highest BCUT2D eigenvalue weighted by atomic mass is 16.5. The number of aromatic nitrogens is 2. The lowest BCUT2D eigenvalue weighted by atomic mass is 9.44. The summed E-state index contributed by atoms with van der Waals surface area (Å²) in [5.41, 5.74) is 2.46. The second kappa shape index (κ2) is 8.90. The minimum atomic E-state index is 0.462. The normalized spacial score (nSPS) is 45.4. The first kappa shape index (κ1) is 22.5. The van der Waals surface area contributed by atoms with Crippen LogP contribution < -0.4 is 0 Å². The lowest BCUT2D eigenvalue weighted by Gasteiger charge is -2.61. The van der Waals surface area contributed by atoms with E-state index < -0.39 is 0 Å². The van der Waals surface area contributed by atoms with Crippen molar-refractivity contribution in [2.45, 2.75) is 96.5 Å². The number of fused-ring (bicyclic) bond motifs is 5. The molecule has 5 aliphatic rings. The fourth-order valence-electron chi connectivity index (χ4n) is 9.78. The number of rotatable bonds is 5. The Hall–Kier alpha value is -1.00. The molecule has 4 aliphatic carbocycles. The fourth-order valence-corrected chi connectivity index (χ4v) is 9.78. The van der Waals surface area contributed by atoms with Crippen molar-refractivity contribution in [3.05, 3.63) is 24.0 Å². The SMILES string of the molecule is C[C@]12CC[C@H](OCCN3CCCC3)C[C@H]1CC[C@@H]1[C@@H]2CC[C@]2(C)[C@H](c3ccnnc3)CC[C@@H]12. The molecule has 4 nitrogen and oxygen atoms in total. The van der Waals surface area contributed by atoms with E-state index in [1.165, 1.54) is 89.3 Å². The molecule has 0 N–H and O–H groups in total. The Kier molecular flexibility index (Phi) is 6.06. The summed E-state index contributed by atoms with van der Waals surface area (Å²) in [6.45, 7) is 10.00. The largest absolute Gasteiger partial charge is 0.377 e. The monoisotopic (exact) mass is 451 g/mol. The molecule has 4 heteroatoms. The summed E-state index contributed by atoms with van der Waals surface area (Å²) in [4.78, 5) is 2.59. The van der Waals surface area contributed by atoms with E-state index in [1.54, 1.807) is 0 Å². The number of ether oxygens (including phenoxy) is 1. The predicted molar refractivity (Wildman–Crippen MR) is 132 cm³/mol. The van der Waals surface area contributed by atoms with Gasteiger partial charge < -0.3 is 9.64 Å². The van der Waals surface area contributed by atoms with Crippen molar-refractivity contribution in [3.8, 4) is 0 Å². The van der Waals surface area contributed by atoms with Gasteiger partial charge in [0.2, 0.25) is 0 Å². The van der Waals surface area contributed by atoms with Crippen molar-refractivity contribution in [3.63, 3.8) is 0 Å². The van der Waals surface area contributed by atoms with Gasteiger partial charge in [-0.15, -0.1) is 0 Å².